The topological polar surface area (TPSA) is 23.5 Å². The maximum Gasteiger partial charge on any atom is 0.128 e. The van der Waals surface area contributed by atoms with E-state index in [1.165, 1.54) is 25.3 Å². The summed E-state index contributed by atoms with van der Waals surface area (Å²) in [7, 11) is 0. The first-order chi connectivity index (χ1) is 10.2. The minimum Gasteiger partial charge on any atom is -0.395 e. The monoisotopic (exact) mass is 289 g/mol. The molecule has 1 atom stereocenters. The molecule has 0 bridgehead atoms. The summed E-state index contributed by atoms with van der Waals surface area (Å²) in [6.45, 7) is 5.13. The van der Waals surface area contributed by atoms with Gasteiger partial charge in [-0.2, -0.15) is 0 Å². The van der Waals surface area contributed by atoms with Gasteiger partial charge in [-0.15, -0.1) is 0 Å². The molecule has 1 aromatic rings. The summed E-state index contributed by atoms with van der Waals surface area (Å²) in [6, 6.07) is 5.20. The quantitative estimate of drug-likeness (QED) is 0.864. The zero-order valence-corrected chi connectivity index (χ0v) is 12.7. The van der Waals surface area contributed by atoms with E-state index in [0.29, 0.717) is 18.5 Å². The molecule has 2 rings (SSSR count). The summed E-state index contributed by atoms with van der Waals surface area (Å²) in [5, 5.41) is 8.68. The van der Waals surface area contributed by atoms with E-state index in [-0.39, 0.29) is 12.4 Å². The second kappa shape index (κ2) is 8.17. The van der Waals surface area contributed by atoms with Crippen molar-refractivity contribution in [2.24, 2.45) is 5.92 Å². The van der Waals surface area contributed by atoms with E-state index in [4.69, 9.17) is 5.11 Å². The van der Waals surface area contributed by atoms with Gasteiger partial charge in [-0.05, 0) is 50.4 Å². The fourth-order valence-corrected chi connectivity index (χ4v) is 2.70. The molecule has 1 aromatic carbocycles. The first kappa shape index (κ1) is 16.0. The number of halogens is 1. The van der Waals surface area contributed by atoms with Crippen molar-refractivity contribution in [1.82, 2.24) is 4.90 Å². The molecule has 1 saturated heterocycles. The SMILES string of the molecule is CC1CCCN(Cc2ccc(C#CCCO)cc2F)CC1. The maximum atomic E-state index is 14.1. The molecule has 2 nitrogen and oxygen atoms in total. The Morgan fingerprint density at radius 3 is 2.95 bits per heavy atom. The number of hydrogen-bond donors (Lipinski definition) is 1. The van der Waals surface area contributed by atoms with E-state index in [2.05, 4.69) is 23.7 Å². The smallest absolute Gasteiger partial charge is 0.128 e. The highest BCUT2D eigenvalue weighted by Crippen LogP contribution is 2.19. The van der Waals surface area contributed by atoms with Gasteiger partial charge in [0.15, 0.2) is 0 Å². The lowest BCUT2D eigenvalue weighted by molar-refractivity contribution is 0.270. The molecule has 0 amide bonds. The molecule has 3 heteroatoms. The number of likely N-dealkylation sites (tertiary alicyclic amines) is 1. The van der Waals surface area contributed by atoms with Crippen molar-refractivity contribution in [1.29, 1.82) is 0 Å². The van der Waals surface area contributed by atoms with Gasteiger partial charge in [0, 0.05) is 24.1 Å². The van der Waals surface area contributed by atoms with Crippen LogP contribution in [-0.2, 0) is 6.54 Å². The third-order valence-electron chi connectivity index (χ3n) is 4.03. The van der Waals surface area contributed by atoms with Crippen LogP contribution in [0.2, 0.25) is 0 Å². The number of benzene rings is 1. The van der Waals surface area contributed by atoms with Crippen molar-refractivity contribution >= 4 is 0 Å². The highest BCUT2D eigenvalue weighted by Gasteiger charge is 2.15. The first-order valence-corrected chi connectivity index (χ1v) is 7.79. The minimum atomic E-state index is -0.178. The van der Waals surface area contributed by atoms with E-state index in [1.807, 2.05) is 12.1 Å². The third-order valence-corrected chi connectivity index (χ3v) is 4.03. The minimum absolute atomic E-state index is 0.0426. The normalized spacial score (nSPS) is 19.7. The van der Waals surface area contributed by atoms with Gasteiger partial charge in [-0.3, -0.25) is 4.90 Å². The molecular weight excluding hydrogens is 265 g/mol. The fourth-order valence-electron chi connectivity index (χ4n) is 2.70. The standard InChI is InChI=1S/C18H24FNO/c1-15-5-4-10-20(11-9-15)14-17-8-7-16(13-18(17)19)6-2-3-12-21/h7-8,13,15,21H,3-5,9-12,14H2,1H3. The number of nitrogens with zero attached hydrogens (tertiary/aromatic N) is 1. The van der Waals surface area contributed by atoms with Crippen molar-refractivity contribution in [3.8, 4) is 11.8 Å². The van der Waals surface area contributed by atoms with Crippen molar-refractivity contribution < 1.29 is 9.50 Å². The Morgan fingerprint density at radius 2 is 2.19 bits per heavy atom. The summed E-state index contributed by atoms with van der Waals surface area (Å²) in [5.74, 6) is 6.29. The van der Waals surface area contributed by atoms with Gasteiger partial charge in [0.2, 0.25) is 0 Å². The highest BCUT2D eigenvalue weighted by molar-refractivity contribution is 5.37. The highest BCUT2D eigenvalue weighted by atomic mass is 19.1. The molecule has 0 saturated carbocycles. The Kier molecular flexibility index (Phi) is 6.22. The molecule has 0 spiro atoms. The van der Waals surface area contributed by atoms with Crippen LogP contribution in [0.15, 0.2) is 18.2 Å². The van der Waals surface area contributed by atoms with Crippen molar-refractivity contribution in [2.75, 3.05) is 19.7 Å². The molecule has 21 heavy (non-hydrogen) atoms. The van der Waals surface area contributed by atoms with Crippen LogP contribution in [0.5, 0.6) is 0 Å². The fraction of sp³-hybridized carbons (Fsp3) is 0.556. The number of aliphatic hydroxyl groups excluding tert-OH is 1. The average molecular weight is 289 g/mol. The van der Waals surface area contributed by atoms with E-state index in [9.17, 15) is 4.39 Å². The predicted molar refractivity (Wildman–Crippen MR) is 83.3 cm³/mol. The largest absolute Gasteiger partial charge is 0.395 e. The molecule has 0 aliphatic carbocycles. The predicted octanol–water partition coefficient (Wildman–Crippen LogP) is 3.18. The van der Waals surface area contributed by atoms with Gasteiger partial charge in [0.1, 0.15) is 5.82 Å². The summed E-state index contributed by atoms with van der Waals surface area (Å²) in [6.07, 6.45) is 4.10. The Morgan fingerprint density at radius 1 is 1.33 bits per heavy atom. The van der Waals surface area contributed by atoms with E-state index < -0.39 is 0 Å². The molecule has 1 unspecified atom stereocenters. The molecule has 1 aliphatic heterocycles. The molecule has 1 N–H and O–H groups in total. The number of hydrogen-bond acceptors (Lipinski definition) is 2. The lowest BCUT2D eigenvalue weighted by atomic mass is 10.0. The van der Waals surface area contributed by atoms with Crippen molar-refractivity contribution in [2.45, 2.75) is 39.2 Å². The molecule has 1 aliphatic rings. The van der Waals surface area contributed by atoms with Crippen LogP contribution in [0.4, 0.5) is 4.39 Å². The zero-order valence-electron chi connectivity index (χ0n) is 12.7. The van der Waals surface area contributed by atoms with Crippen LogP contribution < -0.4 is 0 Å². The Balaban J connectivity index is 1.99. The van der Waals surface area contributed by atoms with E-state index in [0.717, 1.165) is 24.6 Å². The summed E-state index contributed by atoms with van der Waals surface area (Å²) >= 11 is 0. The Hall–Kier alpha value is -1.37. The maximum absolute atomic E-state index is 14.1. The molecule has 0 aromatic heterocycles. The van der Waals surface area contributed by atoms with Gasteiger partial charge in [0.05, 0.1) is 6.61 Å². The first-order valence-electron chi connectivity index (χ1n) is 7.79. The molecule has 114 valence electrons. The van der Waals surface area contributed by atoms with Crippen LogP contribution in [0.1, 0.15) is 43.7 Å². The molecule has 0 radical (unpaired) electrons. The van der Waals surface area contributed by atoms with E-state index >= 15 is 0 Å². The zero-order chi connectivity index (χ0) is 15.1. The number of aliphatic hydroxyl groups is 1. The molecule has 1 heterocycles. The molecular formula is C18H24FNO. The Labute approximate surface area is 127 Å². The van der Waals surface area contributed by atoms with Crippen LogP contribution in [0.3, 0.4) is 0 Å². The van der Waals surface area contributed by atoms with E-state index in [1.54, 1.807) is 0 Å². The second-order valence-corrected chi connectivity index (χ2v) is 5.89. The van der Waals surface area contributed by atoms with Gasteiger partial charge in [-0.1, -0.05) is 24.8 Å². The van der Waals surface area contributed by atoms with Crippen molar-refractivity contribution in [3.05, 3.63) is 35.1 Å². The van der Waals surface area contributed by atoms with Gasteiger partial charge in [-0.25, -0.2) is 4.39 Å². The van der Waals surface area contributed by atoms with Gasteiger partial charge in [0.25, 0.3) is 0 Å². The van der Waals surface area contributed by atoms with Crippen LogP contribution >= 0.6 is 0 Å². The summed E-state index contributed by atoms with van der Waals surface area (Å²) < 4.78 is 14.1. The average Bonchev–Trinajstić information content (AvgIpc) is 2.67. The van der Waals surface area contributed by atoms with Crippen LogP contribution in [-0.4, -0.2) is 29.7 Å². The third kappa shape index (κ3) is 5.15. The Bertz CT molecular complexity index is 518. The van der Waals surface area contributed by atoms with Crippen LogP contribution in [0, 0.1) is 23.6 Å². The van der Waals surface area contributed by atoms with Gasteiger partial charge >= 0.3 is 0 Å². The van der Waals surface area contributed by atoms with Gasteiger partial charge < -0.3 is 5.11 Å². The lowest BCUT2D eigenvalue weighted by Crippen LogP contribution is -2.24. The summed E-state index contributed by atoms with van der Waals surface area (Å²) in [4.78, 5) is 2.35. The van der Waals surface area contributed by atoms with Crippen LogP contribution in [0.25, 0.3) is 0 Å². The molecule has 1 fully saturated rings. The van der Waals surface area contributed by atoms with Crippen molar-refractivity contribution in [3.63, 3.8) is 0 Å². The summed E-state index contributed by atoms with van der Waals surface area (Å²) in [5.41, 5.74) is 1.42. The lowest BCUT2D eigenvalue weighted by Gasteiger charge is -2.20. The second-order valence-electron chi connectivity index (χ2n) is 5.89. The number of rotatable bonds is 3.